The summed E-state index contributed by atoms with van der Waals surface area (Å²) in [7, 11) is 0. The smallest absolute Gasteiger partial charge is 0.410 e. The molecule has 1 N–H and O–H groups in total. The summed E-state index contributed by atoms with van der Waals surface area (Å²) in [5, 5.41) is 3.26. The molecule has 0 saturated heterocycles. The van der Waals surface area contributed by atoms with Crippen molar-refractivity contribution in [1.82, 2.24) is 14.5 Å². The largest absolute Gasteiger partial charge is 0.450 e. The Bertz CT molecular complexity index is 1340. The Labute approximate surface area is 206 Å². The molecule has 2 amide bonds. The summed E-state index contributed by atoms with van der Waals surface area (Å²) in [5.74, 6) is -0.674. The first kappa shape index (κ1) is 24.4. The van der Waals surface area contributed by atoms with Crippen LogP contribution in [0.15, 0.2) is 47.3 Å². The van der Waals surface area contributed by atoms with Crippen molar-refractivity contribution in [2.24, 2.45) is 0 Å². The number of amides is 2. The number of nitrogens with one attached hydrogen (secondary N) is 1. The number of fused-ring (bicyclic) bond motifs is 1. The lowest BCUT2D eigenvalue weighted by atomic mass is 10.1. The van der Waals surface area contributed by atoms with E-state index >= 15 is 0 Å². The Kier molecular flexibility index (Phi) is 7.16. The van der Waals surface area contributed by atoms with Crippen molar-refractivity contribution in [1.29, 1.82) is 0 Å². The van der Waals surface area contributed by atoms with Gasteiger partial charge in [-0.25, -0.2) is 14.2 Å². The lowest BCUT2D eigenvalue weighted by Crippen LogP contribution is -2.42. The Hall–Kier alpha value is -3.72. The molecule has 0 spiro atoms. The molecule has 35 heavy (non-hydrogen) atoms. The van der Waals surface area contributed by atoms with Gasteiger partial charge in [-0.2, -0.15) is 0 Å². The van der Waals surface area contributed by atoms with Crippen molar-refractivity contribution in [3.8, 4) is 11.4 Å². The summed E-state index contributed by atoms with van der Waals surface area (Å²) in [6.45, 7) is 3.88. The molecule has 4 rings (SSSR count). The van der Waals surface area contributed by atoms with E-state index in [2.05, 4.69) is 10.3 Å². The van der Waals surface area contributed by atoms with Gasteiger partial charge in [0.2, 0.25) is 5.91 Å². The molecular formula is C25H24ClFN4O4. The number of hydrogen-bond donors (Lipinski definition) is 1. The summed E-state index contributed by atoms with van der Waals surface area (Å²) >= 11 is 6.05. The van der Waals surface area contributed by atoms with Gasteiger partial charge in [-0.05, 0) is 62.2 Å². The molecule has 0 bridgehead atoms. The van der Waals surface area contributed by atoms with Gasteiger partial charge in [0, 0.05) is 28.4 Å². The van der Waals surface area contributed by atoms with E-state index < -0.39 is 17.8 Å². The predicted octanol–water partition coefficient (Wildman–Crippen LogP) is 4.16. The number of aryl methyl sites for hydroxylation is 1. The molecule has 2 aromatic carbocycles. The van der Waals surface area contributed by atoms with Crippen LogP contribution in [0.2, 0.25) is 5.02 Å². The standard InChI is InChI=1S/C25H24ClFN4O4/c1-3-35-25(34)30-11-10-19-21(13-30)29-23(16-5-8-18(27)9-6-16)31(24(19)33)14-22(32)28-20-12-17(26)7-4-15(20)2/h4-9,12H,3,10-11,13-14H2,1-2H3,(H,28,32). The molecule has 1 aliphatic rings. The Balaban J connectivity index is 1.72. The van der Waals surface area contributed by atoms with Crippen LogP contribution < -0.4 is 10.9 Å². The third-order valence-electron chi connectivity index (χ3n) is 5.72. The molecule has 182 valence electrons. The summed E-state index contributed by atoms with van der Waals surface area (Å²) in [6, 6.07) is 10.6. The molecule has 8 nitrogen and oxygen atoms in total. The minimum atomic E-state index is -0.483. The van der Waals surface area contributed by atoms with Crippen LogP contribution in [0.1, 0.15) is 23.7 Å². The zero-order chi connectivity index (χ0) is 25.1. The third kappa shape index (κ3) is 5.35. The first-order chi connectivity index (χ1) is 16.8. The molecule has 1 aliphatic heterocycles. The third-order valence-corrected chi connectivity index (χ3v) is 5.96. The molecule has 2 heterocycles. The predicted molar refractivity (Wildman–Crippen MR) is 130 cm³/mol. The normalized spacial score (nSPS) is 12.7. The van der Waals surface area contributed by atoms with Gasteiger partial charge in [0.15, 0.2) is 0 Å². The van der Waals surface area contributed by atoms with Crippen LogP contribution >= 0.6 is 11.6 Å². The molecule has 0 saturated carbocycles. The number of carbonyl (C=O) groups excluding carboxylic acids is 2. The fraction of sp³-hybridized carbons (Fsp3) is 0.280. The monoisotopic (exact) mass is 498 g/mol. The number of aromatic nitrogens is 2. The Morgan fingerprint density at radius 3 is 2.66 bits per heavy atom. The lowest BCUT2D eigenvalue weighted by Gasteiger charge is -2.28. The number of rotatable bonds is 5. The number of anilines is 1. The first-order valence-corrected chi connectivity index (χ1v) is 11.5. The molecule has 0 unspecified atom stereocenters. The average molecular weight is 499 g/mol. The van der Waals surface area contributed by atoms with Gasteiger partial charge in [-0.15, -0.1) is 0 Å². The van der Waals surface area contributed by atoms with E-state index in [4.69, 9.17) is 16.3 Å². The molecule has 0 atom stereocenters. The number of benzene rings is 2. The summed E-state index contributed by atoms with van der Waals surface area (Å²) < 4.78 is 19.9. The van der Waals surface area contributed by atoms with E-state index in [1.807, 2.05) is 6.92 Å². The second kappa shape index (κ2) is 10.3. The maximum Gasteiger partial charge on any atom is 0.410 e. The van der Waals surface area contributed by atoms with E-state index in [0.29, 0.717) is 34.1 Å². The van der Waals surface area contributed by atoms with Gasteiger partial charge in [-0.3, -0.25) is 14.2 Å². The van der Waals surface area contributed by atoms with Gasteiger partial charge in [0.25, 0.3) is 5.56 Å². The van der Waals surface area contributed by atoms with E-state index in [0.717, 1.165) is 5.56 Å². The minimum absolute atomic E-state index is 0.104. The number of hydrogen-bond acceptors (Lipinski definition) is 5. The van der Waals surface area contributed by atoms with Gasteiger partial charge in [-0.1, -0.05) is 17.7 Å². The Morgan fingerprint density at radius 1 is 1.20 bits per heavy atom. The van der Waals surface area contributed by atoms with Crippen LogP contribution in [0.4, 0.5) is 14.9 Å². The summed E-state index contributed by atoms with van der Waals surface area (Å²) in [4.78, 5) is 44.8. The van der Waals surface area contributed by atoms with Crippen molar-refractivity contribution < 1.29 is 18.7 Å². The second-order valence-corrected chi connectivity index (χ2v) is 8.57. The number of carbonyl (C=O) groups is 2. The Morgan fingerprint density at radius 2 is 1.94 bits per heavy atom. The highest BCUT2D eigenvalue weighted by molar-refractivity contribution is 6.31. The number of halogens is 2. The highest BCUT2D eigenvalue weighted by Crippen LogP contribution is 2.23. The van der Waals surface area contributed by atoms with Crippen molar-refractivity contribution in [2.75, 3.05) is 18.5 Å². The first-order valence-electron chi connectivity index (χ1n) is 11.1. The molecule has 1 aromatic heterocycles. The highest BCUT2D eigenvalue weighted by Gasteiger charge is 2.27. The number of nitrogens with zero attached hydrogens (tertiary/aromatic N) is 3. The van der Waals surface area contributed by atoms with Crippen molar-refractivity contribution >= 4 is 29.3 Å². The van der Waals surface area contributed by atoms with E-state index in [1.54, 1.807) is 25.1 Å². The van der Waals surface area contributed by atoms with Crippen LogP contribution in [0.5, 0.6) is 0 Å². The fourth-order valence-corrected chi connectivity index (χ4v) is 4.10. The van der Waals surface area contributed by atoms with Gasteiger partial charge in [0.05, 0.1) is 18.8 Å². The van der Waals surface area contributed by atoms with Crippen molar-refractivity contribution in [2.45, 2.75) is 33.4 Å². The van der Waals surface area contributed by atoms with Crippen LogP contribution in [-0.4, -0.2) is 39.6 Å². The molecule has 0 aliphatic carbocycles. The van der Waals surface area contributed by atoms with Crippen molar-refractivity contribution in [3.05, 3.63) is 80.5 Å². The molecular weight excluding hydrogens is 475 g/mol. The lowest BCUT2D eigenvalue weighted by molar-refractivity contribution is -0.116. The van der Waals surface area contributed by atoms with Crippen molar-refractivity contribution in [3.63, 3.8) is 0 Å². The topological polar surface area (TPSA) is 93.5 Å². The summed E-state index contributed by atoms with van der Waals surface area (Å²) in [5.41, 5.74) is 2.30. The number of ether oxygens (including phenoxy) is 1. The quantitative estimate of drug-likeness (QED) is 0.570. The van der Waals surface area contributed by atoms with Crippen LogP contribution in [0, 0.1) is 12.7 Å². The minimum Gasteiger partial charge on any atom is -0.450 e. The van der Waals surface area contributed by atoms with Gasteiger partial charge < -0.3 is 15.0 Å². The van der Waals surface area contributed by atoms with E-state index in [9.17, 15) is 18.8 Å². The van der Waals surface area contributed by atoms with Crippen LogP contribution in [0.25, 0.3) is 11.4 Å². The SMILES string of the molecule is CCOC(=O)N1CCc2c(nc(-c3ccc(F)cc3)n(CC(=O)Nc3cc(Cl)ccc3C)c2=O)C1. The second-order valence-electron chi connectivity index (χ2n) is 8.14. The van der Waals surface area contributed by atoms with E-state index in [-0.39, 0.29) is 37.5 Å². The maximum atomic E-state index is 13.6. The molecule has 10 heteroatoms. The zero-order valence-electron chi connectivity index (χ0n) is 19.3. The highest BCUT2D eigenvalue weighted by atomic mass is 35.5. The van der Waals surface area contributed by atoms with Gasteiger partial charge >= 0.3 is 6.09 Å². The fourth-order valence-electron chi connectivity index (χ4n) is 3.93. The maximum absolute atomic E-state index is 13.6. The summed E-state index contributed by atoms with van der Waals surface area (Å²) in [6.07, 6.45) is -0.206. The zero-order valence-corrected chi connectivity index (χ0v) is 20.1. The van der Waals surface area contributed by atoms with E-state index in [1.165, 1.54) is 33.7 Å². The molecule has 3 aromatic rings. The molecule has 0 radical (unpaired) electrons. The van der Waals surface area contributed by atoms with Crippen LogP contribution in [-0.2, 0) is 29.0 Å². The van der Waals surface area contributed by atoms with Gasteiger partial charge in [0.1, 0.15) is 18.2 Å². The molecule has 0 fully saturated rings. The van der Waals surface area contributed by atoms with Crippen LogP contribution in [0.3, 0.4) is 0 Å². The average Bonchev–Trinajstić information content (AvgIpc) is 2.83.